The van der Waals surface area contributed by atoms with E-state index in [9.17, 15) is 14.9 Å². The summed E-state index contributed by atoms with van der Waals surface area (Å²) in [6.07, 6.45) is 1.58. The van der Waals surface area contributed by atoms with Crippen molar-refractivity contribution in [1.29, 1.82) is 0 Å². The van der Waals surface area contributed by atoms with Crippen LogP contribution in [0.2, 0.25) is 5.02 Å². The second kappa shape index (κ2) is 6.73. The number of nitrogens with two attached hydrogens (primary N) is 1. The van der Waals surface area contributed by atoms with Crippen LogP contribution in [0.5, 0.6) is 0 Å². The molecule has 0 aromatic heterocycles. The maximum Gasteiger partial charge on any atom is 0.292 e. The molecule has 0 unspecified atom stereocenters. The molecule has 1 aliphatic rings. The van der Waals surface area contributed by atoms with Crippen molar-refractivity contribution in [1.82, 2.24) is 4.90 Å². The third-order valence-corrected chi connectivity index (χ3v) is 3.72. The third-order valence-electron chi connectivity index (χ3n) is 3.48. The third kappa shape index (κ3) is 4.30. The van der Waals surface area contributed by atoms with E-state index in [-0.39, 0.29) is 24.2 Å². The first-order valence-corrected chi connectivity index (χ1v) is 7.04. The summed E-state index contributed by atoms with van der Waals surface area (Å²) in [6.45, 7) is 1.72. The van der Waals surface area contributed by atoms with Crippen molar-refractivity contribution in [2.24, 2.45) is 5.73 Å². The number of nitrogens with one attached hydrogen (secondary N) is 1. The Labute approximate surface area is 127 Å². The molecular weight excluding hydrogens is 296 g/mol. The van der Waals surface area contributed by atoms with Crippen LogP contribution in [0.3, 0.4) is 0 Å². The highest BCUT2D eigenvalue weighted by Gasteiger charge is 2.22. The molecule has 0 bridgehead atoms. The zero-order valence-corrected chi connectivity index (χ0v) is 12.2. The zero-order chi connectivity index (χ0) is 15.4. The van der Waals surface area contributed by atoms with Gasteiger partial charge in [0.25, 0.3) is 5.69 Å². The van der Waals surface area contributed by atoms with E-state index in [1.165, 1.54) is 12.1 Å². The van der Waals surface area contributed by atoms with Gasteiger partial charge in [0, 0.05) is 30.2 Å². The first-order valence-electron chi connectivity index (χ1n) is 6.67. The van der Waals surface area contributed by atoms with Crippen molar-refractivity contribution >= 4 is 28.9 Å². The molecule has 1 fully saturated rings. The number of anilines is 1. The van der Waals surface area contributed by atoms with Gasteiger partial charge in [-0.15, -0.1) is 0 Å². The Bertz CT molecular complexity index is 544. The molecule has 1 aromatic carbocycles. The average molecular weight is 313 g/mol. The van der Waals surface area contributed by atoms with Gasteiger partial charge in [0.1, 0.15) is 5.69 Å². The Morgan fingerprint density at radius 1 is 1.48 bits per heavy atom. The summed E-state index contributed by atoms with van der Waals surface area (Å²) < 4.78 is 0. The second-order valence-corrected chi connectivity index (χ2v) is 5.52. The van der Waals surface area contributed by atoms with Gasteiger partial charge in [-0.3, -0.25) is 19.8 Å². The minimum Gasteiger partial charge on any atom is -0.377 e. The first-order chi connectivity index (χ1) is 9.95. The van der Waals surface area contributed by atoms with Crippen LogP contribution in [0.25, 0.3) is 0 Å². The fraction of sp³-hybridized carbons (Fsp3) is 0.462. The van der Waals surface area contributed by atoms with Crippen molar-refractivity contribution in [3.05, 3.63) is 33.3 Å². The topological polar surface area (TPSA) is 102 Å². The Balaban J connectivity index is 1.99. The molecule has 3 N–H and O–H groups in total. The lowest BCUT2D eigenvalue weighted by Gasteiger charge is -2.31. The SMILES string of the molecule is NC(=O)CN1CCC(Nc2cc(Cl)ccc2[N+](=O)[O-])CC1. The number of rotatable bonds is 5. The Morgan fingerprint density at radius 3 is 2.71 bits per heavy atom. The minimum absolute atomic E-state index is 0.0129. The maximum atomic E-state index is 11.0. The normalized spacial score (nSPS) is 16.6. The van der Waals surface area contributed by atoms with Gasteiger partial charge >= 0.3 is 0 Å². The first kappa shape index (κ1) is 15.5. The molecule has 0 radical (unpaired) electrons. The number of hydrogen-bond donors (Lipinski definition) is 2. The zero-order valence-electron chi connectivity index (χ0n) is 11.4. The minimum atomic E-state index is -0.430. The molecule has 7 nitrogen and oxygen atoms in total. The van der Waals surface area contributed by atoms with E-state index in [1.54, 1.807) is 6.07 Å². The van der Waals surface area contributed by atoms with Crippen molar-refractivity contribution in [2.45, 2.75) is 18.9 Å². The van der Waals surface area contributed by atoms with Gasteiger partial charge in [-0.05, 0) is 25.0 Å². The fourth-order valence-corrected chi connectivity index (χ4v) is 2.63. The second-order valence-electron chi connectivity index (χ2n) is 5.08. The number of nitro benzene ring substituents is 1. The summed E-state index contributed by atoms with van der Waals surface area (Å²) in [4.78, 5) is 23.4. The lowest BCUT2D eigenvalue weighted by atomic mass is 10.0. The van der Waals surface area contributed by atoms with Gasteiger partial charge in [0.15, 0.2) is 0 Å². The van der Waals surface area contributed by atoms with Crippen LogP contribution in [-0.4, -0.2) is 41.4 Å². The fourth-order valence-electron chi connectivity index (χ4n) is 2.46. The number of nitro groups is 1. The van der Waals surface area contributed by atoms with Gasteiger partial charge in [-0.25, -0.2) is 0 Å². The van der Waals surface area contributed by atoms with Crippen LogP contribution in [0.1, 0.15) is 12.8 Å². The number of carbonyl (C=O) groups excluding carboxylic acids is 1. The number of primary amides is 1. The van der Waals surface area contributed by atoms with E-state index in [2.05, 4.69) is 5.32 Å². The predicted molar refractivity (Wildman–Crippen MR) is 80.4 cm³/mol. The van der Waals surface area contributed by atoms with Crippen molar-refractivity contribution in [3.63, 3.8) is 0 Å². The Hall–Kier alpha value is -1.86. The summed E-state index contributed by atoms with van der Waals surface area (Å²) in [5.41, 5.74) is 5.61. The molecule has 8 heteroatoms. The van der Waals surface area contributed by atoms with Crippen LogP contribution < -0.4 is 11.1 Å². The van der Waals surface area contributed by atoms with Gasteiger partial charge < -0.3 is 11.1 Å². The van der Waals surface area contributed by atoms with Crippen molar-refractivity contribution in [3.8, 4) is 0 Å². The molecule has 1 saturated heterocycles. The predicted octanol–water partition coefficient (Wildman–Crippen LogP) is 1.61. The van der Waals surface area contributed by atoms with E-state index in [1.807, 2.05) is 4.90 Å². The summed E-state index contributed by atoms with van der Waals surface area (Å²) in [5.74, 6) is -0.341. The number of carbonyl (C=O) groups is 1. The Morgan fingerprint density at radius 2 is 2.14 bits per heavy atom. The lowest BCUT2D eigenvalue weighted by molar-refractivity contribution is -0.384. The van der Waals surface area contributed by atoms with Crippen LogP contribution in [0.4, 0.5) is 11.4 Å². The molecule has 2 rings (SSSR count). The largest absolute Gasteiger partial charge is 0.377 e. The molecule has 1 aromatic rings. The highest BCUT2D eigenvalue weighted by Crippen LogP contribution is 2.29. The number of amides is 1. The summed E-state index contributed by atoms with van der Waals surface area (Å²) in [7, 11) is 0. The molecule has 114 valence electrons. The van der Waals surface area contributed by atoms with Crippen LogP contribution >= 0.6 is 11.6 Å². The molecule has 1 aliphatic heterocycles. The van der Waals surface area contributed by atoms with E-state index < -0.39 is 4.92 Å². The molecule has 1 amide bonds. The van der Waals surface area contributed by atoms with Crippen LogP contribution in [-0.2, 0) is 4.79 Å². The number of benzene rings is 1. The van der Waals surface area contributed by atoms with E-state index in [4.69, 9.17) is 17.3 Å². The quantitative estimate of drug-likeness (QED) is 0.635. The van der Waals surface area contributed by atoms with Gasteiger partial charge in [0.05, 0.1) is 11.5 Å². The monoisotopic (exact) mass is 312 g/mol. The number of piperidine rings is 1. The number of halogens is 1. The molecule has 0 spiro atoms. The van der Waals surface area contributed by atoms with Crippen molar-refractivity contribution < 1.29 is 9.72 Å². The molecule has 0 aliphatic carbocycles. The molecule has 0 saturated carbocycles. The number of nitrogens with zero attached hydrogens (tertiary/aromatic N) is 2. The smallest absolute Gasteiger partial charge is 0.292 e. The molecule has 0 atom stereocenters. The summed E-state index contributed by atoms with van der Waals surface area (Å²) >= 11 is 5.90. The summed E-state index contributed by atoms with van der Waals surface area (Å²) in [6, 6.07) is 4.58. The molecular formula is C13H17ClN4O3. The Kier molecular flexibility index (Phi) is 4.98. The van der Waals surface area contributed by atoms with Gasteiger partial charge in [0.2, 0.25) is 5.91 Å². The number of likely N-dealkylation sites (tertiary alicyclic amines) is 1. The lowest BCUT2D eigenvalue weighted by Crippen LogP contribution is -2.43. The average Bonchev–Trinajstić information content (AvgIpc) is 2.40. The number of hydrogen-bond acceptors (Lipinski definition) is 5. The van der Waals surface area contributed by atoms with E-state index in [0.717, 1.165) is 25.9 Å². The highest BCUT2D eigenvalue weighted by atomic mass is 35.5. The van der Waals surface area contributed by atoms with E-state index >= 15 is 0 Å². The summed E-state index contributed by atoms with van der Waals surface area (Å²) in [5, 5.41) is 14.6. The standard InChI is InChI=1S/C13H17ClN4O3/c14-9-1-2-12(18(20)21)11(7-9)16-10-3-5-17(6-4-10)8-13(15)19/h1-2,7,10,16H,3-6,8H2,(H2,15,19). The molecule has 21 heavy (non-hydrogen) atoms. The van der Waals surface area contributed by atoms with Crippen LogP contribution in [0, 0.1) is 10.1 Å². The molecule has 1 heterocycles. The van der Waals surface area contributed by atoms with Gasteiger partial charge in [-0.1, -0.05) is 11.6 Å². The van der Waals surface area contributed by atoms with E-state index in [0.29, 0.717) is 10.7 Å². The van der Waals surface area contributed by atoms with Gasteiger partial charge in [-0.2, -0.15) is 0 Å². The maximum absolute atomic E-state index is 11.0. The van der Waals surface area contributed by atoms with Crippen LogP contribution in [0.15, 0.2) is 18.2 Å². The van der Waals surface area contributed by atoms with Crippen molar-refractivity contribution in [2.75, 3.05) is 25.0 Å². The highest BCUT2D eigenvalue weighted by molar-refractivity contribution is 6.31.